The molecule has 5 heteroatoms. The number of benzene rings is 1. The summed E-state index contributed by atoms with van der Waals surface area (Å²) in [5.74, 6) is -0.451. The Hall–Kier alpha value is -2.40. The number of carbonyl (C=O) groups is 1. The first kappa shape index (κ1) is 14.0. The van der Waals surface area contributed by atoms with Crippen LogP contribution < -0.4 is 4.74 Å². The van der Waals surface area contributed by atoms with Crippen LogP contribution in [-0.4, -0.2) is 23.2 Å². The molecule has 0 radical (unpaired) electrons. The quantitative estimate of drug-likeness (QED) is 0.906. The molecule has 104 valence electrons. The van der Waals surface area contributed by atoms with E-state index in [4.69, 9.17) is 14.6 Å². The van der Waals surface area contributed by atoms with Gasteiger partial charge in [-0.25, -0.2) is 9.78 Å². The molecule has 1 aromatic carbocycles. The predicted molar refractivity (Wildman–Crippen MR) is 73.2 cm³/mol. The number of ether oxygens (including phenoxy) is 2. The van der Waals surface area contributed by atoms with Gasteiger partial charge in [0.25, 0.3) is 0 Å². The molecular formula is C15H15NO4. The van der Waals surface area contributed by atoms with E-state index in [0.29, 0.717) is 18.1 Å². The number of hydrogen-bond donors (Lipinski definition) is 1. The molecule has 1 aromatic heterocycles. The Bertz CT molecular complexity index is 625. The zero-order valence-electron chi connectivity index (χ0n) is 11.3. The minimum Gasteiger partial charge on any atom is -0.477 e. The van der Waals surface area contributed by atoms with Gasteiger partial charge in [-0.3, -0.25) is 0 Å². The van der Waals surface area contributed by atoms with Crippen LogP contribution in [0, 0.1) is 6.92 Å². The normalized spacial score (nSPS) is 10.3. The van der Waals surface area contributed by atoms with Gasteiger partial charge in [0.15, 0.2) is 0 Å². The van der Waals surface area contributed by atoms with Crippen LogP contribution in [0.5, 0.6) is 11.6 Å². The van der Waals surface area contributed by atoms with Gasteiger partial charge in [-0.2, -0.15) is 0 Å². The monoisotopic (exact) mass is 273 g/mol. The lowest BCUT2D eigenvalue weighted by atomic mass is 10.2. The molecule has 1 heterocycles. The molecule has 0 saturated heterocycles. The van der Waals surface area contributed by atoms with Crippen molar-refractivity contribution in [3.63, 3.8) is 0 Å². The van der Waals surface area contributed by atoms with E-state index in [1.54, 1.807) is 32.2 Å². The Morgan fingerprint density at radius 3 is 2.80 bits per heavy atom. The summed E-state index contributed by atoms with van der Waals surface area (Å²) in [6, 6.07) is 10.4. The lowest BCUT2D eigenvalue weighted by Gasteiger charge is -2.09. The van der Waals surface area contributed by atoms with Gasteiger partial charge in [0.2, 0.25) is 5.88 Å². The van der Waals surface area contributed by atoms with Gasteiger partial charge < -0.3 is 14.6 Å². The minimum absolute atomic E-state index is 0.0349. The summed E-state index contributed by atoms with van der Waals surface area (Å²) in [4.78, 5) is 15.3. The molecule has 5 nitrogen and oxygen atoms in total. The summed E-state index contributed by atoms with van der Waals surface area (Å²) in [7, 11) is 1.61. The van der Waals surface area contributed by atoms with Crippen LogP contribution >= 0.6 is 0 Å². The minimum atomic E-state index is -1.07. The topological polar surface area (TPSA) is 68.7 Å². The van der Waals surface area contributed by atoms with Crippen LogP contribution in [0.1, 0.15) is 21.6 Å². The number of methoxy groups -OCH3 is 1. The fourth-order valence-electron chi connectivity index (χ4n) is 1.75. The van der Waals surface area contributed by atoms with Crippen LogP contribution in [-0.2, 0) is 11.3 Å². The molecule has 0 saturated carbocycles. The molecule has 1 N–H and O–H groups in total. The zero-order valence-corrected chi connectivity index (χ0v) is 11.3. The second-order valence-corrected chi connectivity index (χ2v) is 4.29. The number of carboxylic acids is 1. The van der Waals surface area contributed by atoms with E-state index >= 15 is 0 Å². The highest BCUT2D eigenvalue weighted by Crippen LogP contribution is 2.24. The number of aromatic nitrogens is 1. The van der Waals surface area contributed by atoms with Crippen LogP contribution in [0.3, 0.4) is 0 Å². The number of pyridine rings is 1. The average molecular weight is 273 g/mol. The molecule has 0 aliphatic rings. The summed E-state index contributed by atoms with van der Waals surface area (Å²) in [5.41, 5.74) is 1.67. The molecular weight excluding hydrogens is 258 g/mol. The standard InChI is InChI=1S/C15H15NO4/c1-10-6-7-13(15(17)18)14(16-10)20-12-5-3-4-11(8-12)9-19-2/h3-8H,9H2,1-2H3,(H,17,18). The zero-order chi connectivity index (χ0) is 14.5. The van der Waals surface area contributed by atoms with Gasteiger partial charge in [0.1, 0.15) is 11.3 Å². The highest BCUT2D eigenvalue weighted by atomic mass is 16.5. The maximum Gasteiger partial charge on any atom is 0.341 e. The van der Waals surface area contributed by atoms with Gasteiger partial charge >= 0.3 is 5.97 Å². The van der Waals surface area contributed by atoms with Crippen molar-refractivity contribution in [1.82, 2.24) is 4.98 Å². The number of aromatic carboxylic acids is 1. The van der Waals surface area contributed by atoms with E-state index in [0.717, 1.165) is 5.56 Å². The van der Waals surface area contributed by atoms with Crippen LogP contribution in [0.2, 0.25) is 0 Å². The molecule has 0 atom stereocenters. The molecule has 0 aliphatic heterocycles. The molecule has 0 bridgehead atoms. The Kier molecular flexibility index (Phi) is 4.32. The summed E-state index contributed by atoms with van der Waals surface area (Å²) >= 11 is 0. The highest BCUT2D eigenvalue weighted by molar-refractivity contribution is 5.90. The maximum absolute atomic E-state index is 11.2. The third-order valence-corrected chi connectivity index (χ3v) is 2.65. The molecule has 0 amide bonds. The van der Waals surface area contributed by atoms with E-state index in [-0.39, 0.29) is 11.4 Å². The second-order valence-electron chi connectivity index (χ2n) is 4.29. The van der Waals surface area contributed by atoms with Gasteiger partial charge in [-0.05, 0) is 36.8 Å². The van der Waals surface area contributed by atoms with E-state index < -0.39 is 5.97 Å². The summed E-state index contributed by atoms with van der Waals surface area (Å²) in [6.07, 6.45) is 0. The molecule has 0 unspecified atom stereocenters. The molecule has 0 aliphatic carbocycles. The number of carboxylic acid groups (broad SMARTS) is 1. The molecule has 0 fully saturated rings. The molecule has 2 aromatic rings. The van der Waals surface area contributed by atoms with E-state index in [9.17, 15) is 4.79 Å². The SMILES string of the molecule is COCc1cccc(Oc2nc(C)ccc2C(=O)O)c1. The third-order valence-electron chi connectivity index (χ3n) is 2.65. The fourth-order valence-corrected chi connectivity index (χ4v) is 1.75. The van der Waals surface area contributed by atoms with E-state index in [2.05, 4.69) is 4.98 Å². The number of nitrogens with zero attached hydrogens (tertiary/aromatic N) is 1. The summed E-state index contributed by atoms with van der Waals surface area (Å²) < 4.78 is 10.6. The van der Waals surface area contributed by atoms with Crippen molar-refractivity contribution in [2.75, 3.05) is 7.11 Å². The van der Waals surface area contributed by atoms with Crippen molar-refractivity contribution in [3.05, 3.63) is 53.2 Å². The maximum atomic E-state index is 11.2. The van der Waals surface area contributed by atoms with Crippen molar-refractivity contribution >= 4 is 5.97 Å². The highest BCUT2D eigenvalue weighted by Gasteiger charge is 2.14. The largest absolute Gasteiger partial charge is 0.477 e. The van der Waals surface area contributed by atoms with E-state index in [1.165, 1.54) is 6.07 Å². The van der Waals surface area contributed by atoms with Crippen LogP contribution in [0.15, 0.2) is 36.4 Å². The first-order chi connectivity index (χ1) is 9.60. The number of aryl methyl sites for hydroxylation is 1. The summed E-state index contributed by atoms with van der Waals surface area (Å²) in [6.45, 7) is 2.24. The average Bonchev–Trinajstić information content (AvgIpc) is 2.39. The van der Waals surface area contributed by atoms with Crippen molar-refractivity contribution in [2.24, 2.45) is 0 Å². The molecule has 20 heavy (non-hydrogen) atoms. The lowest BCUT2D eigenvalue weighted by Crippen LogP contribution is -2.03. The van der Waals surface area contributed by atoms with Crippen molar-refractivity contribution < 1.29 is 19.4 Å². The first-order valence-corrected chi connectivity index (χ1v) is 6.07. The summed E-state index contributed by atoms with van der Waals surface area (Å²) in [5, 5.41) is 9.13. The Morgan fingerprint density at radius 1 is 1.30 bits per heavy atom. The lowest BCUT2D eigenvalue weighted by molar-refractivity contribution is 0.0693. The van der Waals surface area contributed by atoms with Crippen molar-refractivity contribution in [3.8, 4) is 11.6 Å². The van der Waals surface area contributed by atoms with Crippen LogP contribution in [0.25, 0.3) is 0 Å². The van der Waals surface area contributed by atoms with Crippen LogP contribution in [0.4, 0.5) is 0 Å². The smallest absolute Gasteiger partial charge is 0.341 e. The Balaban J connectivity index is 2.31. The predicted octanol–water partition coefficient (Wildman–Crippen LogP) is 3.03. The van der Waals surface area contributed by atoms with E-state index in [1.807, 2.05) is 12.1 Å². The molecule has 2 rings (SSSR count). The molecule has 0 spiro atoms. The Labute approximate surface area is 116 Å². The Morgan fingerprint density at radius 2 is 2.10 bits per heavy atom. The van der Waals surface area contributed by atoms with Crippen molar-refractivity contribution in [2.45, 2.75) is 13.5 Å². The van der Waals surface area contributed by atoms with Gasteiger partial charge in [-0.15, -0.1) is 0 Å². The number of hydrogen-bond acceptors (Lipinski definition) is 4. The van der Waals surface area contributed by atoms with Crippen molar-refractivity contribution in [1.29, 1.82) is 0 Å². The third kappa shape index (κ3) is 3.33. The van der Waals surface area contributed by atoms with Gasteiger partial charge in [-0.1, -0.05) is 12.1 Å². The first-order valence-electron chi connectivity index (χ1n) is 6.07. The second kappa shape index (κ2) is 6.16. The van der Waals surface area contributed by atoms with Gasteiger partial charge in [0.05, 0.1) is 6.61 Å². The number of rotatable bonds is 5. The fraction of sp³-hybridized carbons (Fsp3) is 0.200. The van der Waals surface area contributed by atoms with Gasteiger partial charge in [0, 0.05) is 12.8 Å².